The lowest BCUT2D eigenvalue weighted by Crippen LogP contribution is -2.49. The highest BCUT2D eigenvalue weighted by atomic mass is 16.6. The molecule has 0 amide bonds. The maximum atomic E-state index is 12.2. The number of nitrogens with one attached hydrogen (secondary N) is 1. The fourth-order valence-corrected chi connectivity index (χ4v) is 1.85. The summed E-state index contributed by atoms with van der Waals surface area (Å²) >= 11 is 0. The van der Waals surface area contributed by atoms with E-state index < -0.39 is 17.7 Å². The number of hydrogen-bond donors (Lipinski definition) is 2. The molecule has 0 spiro atoms. The Labute approximate surface area is 126 Å². The van der Waals surface area contributed by atoms with Crippen LogP contribution in [-0.2, 0) is 20.8 Å². The first kappa shape index (κ1) is 17.6. The summed E-state index contributed by atoms with van der Waals surface area (Å²) in [5.41, 5.74) is 6.65. The quantitative estimate of drug-likeness (QED) is 0.591. The molecule has 118 valence electrons. The average Bonchev–Trinajstić information content (AvgIpc) is 2.41. The zero-order valence-corrected chi connectivity index (χ0v) is 13.3. The Morgan fingerprint density at radius 1 is 1.29 bits per heavy atom. The minimum atomic E-state index is -0.544. The molecule has 1 aromatic rings. The summed E-state index contributed by atoms with van der Waals surface area (Å²) in [7, 11) is 1.54. The van der Waals surface area contributed by atoms with Gasteiger partial charge in [0.2, 0.25) is 0 Å². The third kappa shape index (κ3) is 6.71. The van der Waals surface area contributed by atoms with Gasteiger partial charge < -0.3 is 15.2 Å². The van der Waals surface area contributed by atoms with Gasteiger partial charge in [-0.3, -0.25) is 10.1 Å². The number of benzene rings is 1. The van der Waals surface area contributed by atoms with Crippen LogP contribution in [0.1, 0.15) is 26.3 Å². The van der Waals surface area contributed by atoms with Crippen molar-refractivity contribution in [1.82, 2.24) is 5.32 Å². The first-order valence-electron chi connectivity index (χ1n) is 7.08. The lowest BCUT2D eigenvalue weighted by Gasteiger charge is -2.27. The van der Waals surface area contributed by atoms with Crippen LogP contribution in [-0.4, -0.2) is 31.5 Å². The maximum Gasteiger partial charge on any atom is 0.314 e. The average molecular weight is 294 g/mol. The number of nitrogens with two attached hydrogens (primary N) is 1. The third-order valence-corrected chi connectivity index (χ3v) is 2.87. The Bertz CT molecular complexity index is 429. The molecule has 0 heterocycles. The molecular weight excluding hydrogens is 268 g/mol. The van der Waals surface area contributed by atoms with Gasteiger partial charge in [-0.05, 0) is 26.3 Å². The summed E-state index contributed by atoms with van der Waals surface area (Å²) in [6, 6.07) is 9.88. The topological polar surface area (TPSA) is 73.6 Å². The summed E-state index contributed by atoms with van der Waals surface area (Å²) in [5.74, 6) is -0.893. The Morgan fingerprint density at radius 3 is 2.43 bits per heavy atom. The van der Waals surface area contributed by atoms with Crippen LogP contribution in [0.2, 0.25) is 0 Å². The van der Waals surface area contributed by atoms with Gasteiger partial charge >= 0.3 is 5.97 Å². The number of methoxy groups -OCH3 is 1. The van der Waals surface area contributed by atoms with Gasteiger partial charge in [-0.1, -0.05) is 30.3 Å². The molecule has 5 nitrogen and oxygen atoms in total. The van der Waals surface area contributed by atoms with Crippen molar-refractivity contribution in [1.29, 1.82) is 0 Å². The molecule has 0 aliphatic rings. The highest BCUT2D eigenvalue weighted by molar-refractivity contribution is 5.73. The Kier molecular flexibility index (Phi) is 6.81. The molecule has 0 radical (unpaired) electrons. The number of rotatable bonds is 7. The van der Waals surface area contributed by atoms with E-state index in [1.165, 1.54) is 0 Å². The molecule has 3 N–H and O–H groups in total. The van der Waals surface area contributed by atoms with Crippen molar-refractivity contribution < 1.29 is 14.3 Å². The Hall–Kier alpha value is -1.43. The van der Waals surface area contributed by atoms with Gasteiger partial charge in [0.15, 0.2) is 0 Å². The molecule has 0 aliphatic heterocycles. The van der Waals surface area contributed by atoms with Crippen molar-refractivity contribution in [3.63, 3.8) is 0 Å². The Balaban J connectivity index is 2.60. The first-order chi connectivity index (χ1) is 9.83. The van der Waals surface area contributed by atoms with Crippen LogP contribution in [0.15, 0.2) is 30.3 Å². The van der Waals surface area contributed by atoms with Gasteiger partial charge in [-0.15, -0.1) is 0 Å². The normalized spacial score (nSPS) is 14.5. The van der Waals surface area contributed by atoms with Gasteiger partial charge in [-0.25, -0.2) is 0 Å². The van der Waals surface area contributed by atoms with E-state index in [0.29, 0.717) is 6.54 Å². The minimum absolute atomic E-state index is 0.220. The summed E-state index contributed by atoms with van der Waals surface area (Å²) in [5, 5.41) is 3.15. The van der Waals surface area contributed by atoms with E-state index in [0.717, 1.165) is 5.56 Å². The monoisotopic (exact) mass is 294 g/mol. The molecule has 5 heteroatoms. The molecule has 0 saturated carbocycles. The summed E-state index contributed by atoms with van der Waals surface area (Å²) in [6.45, 7) is 6.30. The molecule has 1 rings (SSSR count). The van der Waals surface area contributed by atoms with Crippen molar-refractivity contribution in [2.45, 2.75) is 39.1 Å². The molecule has 0 bridgehead atoms. The highest BCUT2D eigenvalue weighted by Crippen LogP contribution is 2.13. The molecule has 21 heavy (non-hydrogen) atoms. The lowest BCUT2D eigenvalue weighted by atomic mass is 10.1. The van der Waals surface area contributed by atoms with Crippen LogP contribution in [0.4, 0.5) is 0 Å². The minimum Gasteiger partial charge on any atom is -0.460 e. The third-order valence-electron chi connectivity index (χ3n) is 2.87. The second kappa shape index (κ2) is 8.12. The van der Waals surface area contributed by atoms with Crippen LogP contribution in [0.5, 0.6) is 0 Å². The molecule has 0 fully saturated rings. The van der Waals surface area contributed by atoms with E-state index in [1.54, 1.807) is 7.11 Å². The van der Waals surface area contributed by atoms with Crippen LogP contribution >= 0.6 is 0 Å². The van der Waals surface area contributed by atoms with Crippen molar-refractivity contribution in [3.8, 4) is 0 Å². The highest BCUT2D eigenvalue weighted by Gasteiger charge is 2.30. The van der Waals surface area contributed by atoms with E-state index in [2.05, 4.69) is 5.32 Å². The number of carbonyl (C=O) groups is 1. The van der Waals surface area contributed by atoms with Gasteiger partial charge in [0.25, 0.3) is 0 Å². The fourth-order valence-electron chi connectivity index (χ4n) is 1.85. The number of hydrogen-bond acceptors (Lipinski definition) is 5. The van der Waals surface area contributed by atoms with Crippen LogP contribution in [0.3, 0.4) is 0 Å². The second-order valence-corrected chi connectivity index (χ2v) is 5.99. The van der Waals surface area contributed by atoms with Crippen molar-refractivity contribution in [2.24, 2.45) is 11.7 Å². The number of carbonyl (C=O) groups excluding carboxylic acids is 1. The van der Waals surface area contributed by atoms with E-state index >= 15 is 0 Å². The molecule has 2 atom stereocenters. The smallest absolute Gasteiger partial charge is 0.314 e. The standard InChI is InChI=1S/C16H26N2O3/c1-16(2,3)21-15(19)13(11-20-4)14(17)18-10-12-8-6-5-7-9-12/h5-9,13-14,18H,10-11,17H2,1-4H3. The molecule has 2 unspecified atom stereocenters. The fraction of sp³-hybridized carbons (Fsp3) is 0.562. The van der Waals surface area contributed by atoms with E-state index in [4.69, 9.17) is 15.2 Å². The first-order valence-corrected chi connectivity index (χ1v) is 7.08. The molecule has 0 saturated heterocycles. The summed E-state index contributed by atoms with van der Waals surface area (Å²) in [4.78, 5) is 12.2. The number of ether oxygens (including phenoxy) is 2. The van der Waals surface area contributed by atoms with Gasteiger partial charge in [-0.2, -0.15) is 0 Å². The SMILES string of the molecule is COCC(C(=O)OC(C)(C)C)C(N)NCc1ccccc1. The van der Waals surface area contributed by atoms with E-state index in [-0.39, 0.29) is 12.6 Å². The molecular formula is C16H26N2O3. The largest absolute Gasteiger partial charge is 0.460 e. The zero-order valence-electron chi connectivity index (χ0n) is 13.3. The van der Waals surface area contributed by atoms with Crippen molar-refractivity contribution >= 4 is 5.97 Å². The maximum absolute atomic E-state index is 12.2. The van der Waals surface area contributed by atoms with Crippen molar-refractivity contribution in [3.05, 3.63) is 35.9 Å². The molecule has 0 aliphatic carbocycles. The van der Waals surface area contributed by atoms with Crippen LogP contribution in [0, 0.1) is 5.92 Å². The second-order valence-electron chi connectivity index (χ2n) is 5.99. The summed E-state index contributed by atoms with van der Waals surface area (Å²) in [6.07, 6.45) is -0.528. The zero-order chi connectivity index (χ0) is 15.9. The molecule has 1 aromatic carbocycles. The van der Waals surface area contributed by atoms with Gasteiger partial charge in [0.1, 0.15) is 11.5 Å². The van der Waals surface area contributed by atoms with Gasteiger partial charge in [0, 0.05) is 13.7 Å². The summed E-state index contributed by atoms with van der Waals surface area (Å²) < 4.78 is 10.5. The number of esters is 1. The predicted octanol–water partition coefficient (Wildman–Crippen LogP) is 1.67. The predicted molar refractivity (Wildman–Crippen MR) is 82.5 cm³/mol. The molecule has 0 aromatic heterocycles. The van der Waals surface area contributed by atoms with Crippen LogP contribution in [0.25, 0.3) is 0 Å². The van der Waals surface area contributed by atoms with Gasteiger partial charge in [0.05, 0.1) is 12.8 Å². The van der Waals surface area contributed by atoms with Crippen LogP contribution < -0.4 is 11.1 Å². The lowest BCUT2D eigenvalue weighted by molar-refractivity contribution is -0.163. The van der Waals surface area contributed by atoms with Crippen molar-refractivity contribution in [2.75, 3.05) is 13.7 Å². The van der Waals surface area contributed by atoms with E-state index in [9.17, 15) is 4.79 Å². The van der Waals surface area contributed by atoms with E-state index in [1.807, 2.05) is 51.1 Å². The Morgan fingerprint density at radius 2 is 1.90 bits per heavy atom.